The Kier molecular flexibility index (Phi) is 9.47. The van der Waals surface area contributed by atoms with Crippen molar-refractivity contribution in [2.75, 3.05) is 14.2 Å². The van der Waals surface area contributed by atoms with Gasteiger partial charge in [-0.1, -0.05) is 36.4 Å². The first-order valence-electron chi connectivity index (χ1n) is 11.6. The summed E-state index contributed by atoms with van der Waals surface area (Å²) in [4.78, 5) is 12.8. The van der Waals surface area contributed by atoms with Crippen LogP contribution in [-0.4, -0.2) is 20.1 Å². The summed E-state index contributed by atoms with van der Waals surface area (Å²) in [5.41, 5.74) is 2.60. The van der Waals surface area contributed by atoms with Crippen LogP contribution in [0.25, 0.3) is 16.8 Å². The molecule has 0 unspecified atom stereocenters. The average Bonchev–Trinajstić information content (AvgIpc) is 2.93. The fourth-order valence-corrected chi connectivity index (χ4v) is 6.00. The fraction of sp³-hybridized carbons (Fsp3) is 0.133. The second-order valence-corrected chi connectivity index (χ2v) is 10.6. The number of amides is 1. The first kappa shape index (κ1) is 27.7. The van der Waals surface area contributed by atoms with E-state index in [9.17, 15) is 10.1 Å². The van der Waals surface area contributed by atoms with Gasteiger partial charge in [0, 0.05) is 18.2 Å². The van der Waals surface area contributed by atoms with Crippen LogP contribution in [-0.2, 0) is 17.9 Å². The van der Waals surface area contributed by atoms with Crippen molar-refractivity contribution >= 4 is 67.9 Å². The van der Waals surface area contributed by atoms with E-state index in [1.807, 2.05) is 36.4 Å². The summed E-state index contributed by atoms with van der Waals surface area (Å²) in [6.45, 7) is 0.647. The zero-order valence-electron chi connectivity index (χ0n) is 20.8. The Morgan fingerprint density at radius 1 is 0.947 bits per heavy atom. The molecule has 0 atom stereocenters. The lowest BCUT2D eigenvalue weighted by Gasteiger charge is -2.13. The van der Waals surface area contributed by atoms with Crippen LogP contribution < -0.4 is 19.5 Å². The highest BCUT2D eigenvalue weighted by atomic mass is 127. The number of nitriles is 1. The molecular formula is C30H24I2N2O4. The Morgan fingerprint density at radius 2 is 1.68 bits per heavy atom. The quantitative estimate of drug-likeness (QED) is 0.116. The van der Waals surface area contributed by atoms with Gasteiger partial charge in [0.05, 0.1) is 21.4 Å². The van der Waals surface area contributed by atoms with Crippen LogP contribution >= 0.6 is 45.2 Å². The number of hydrogen-bond donors (Lipinski definition) is 1. The topological polar surface area (TPSA) is 80.6 Å². The predicted molar refractivity (Wildman–Crippen MR) is 165 cm³/mol. The number of fused-ring (bicyclic) bond motifs is 1. The van der Waals surface area contributed by atoms with E-state index in [0.29, 0.717) is 18.1 Å². The van der Waals surface area contributed by atoms with Crippen LogP contribution in [0.5, 0.6) is 17.2 Å². The molecule has 0 aliphatic rings. The number of hydrogen-bond acceptors (Lipinski definition) is 5. The molecule has 8 heteroatoms. The molecule has 0 saturated heterocycles. The number of nitrogens with zero attached hydrogens (tertiary/aromatic N) is 1. The second kappa shape index (κ2) is 13.0. The number of nitrogens with one attached hydrogen (secondary N) is 1. The Morgan fingerprint density at radius 3 is 2.37 bits per heavy atom. The smallest absolute Gasteiger partial charge is 0.262 e. The Balaban J connectivity index is 1.45. The molecule has 4 rings (SSSR count). The van der Waals surface area contributed by atoms with Gasteiger partial charge in [0.1, 0.15) is 35.5 Å². The standard InChI is InChI=1S/C30H24I2N2O4/c1-36-25-10-9-23(28(15-25)37-2)17-34-30(35)24(16-33)12-20-13-26(31)29(27(32)14-20)38-18-19-7-8-21-5-3-4-6-22(21)11-19/h3-15H,17-18H2,1-2H3,(H,34,35)/b24-12+. The molecule has 0 spiro atoms. The van der Waals surface area contributed by atoms with Gasteiger partial charge in [-0.05, 0) is 103 Å². The second-order valence-electron chi connectivity index (χ2n) is 8.31. The van der Waals surface area contributed by atoms with Gasteiger partial charge in [0.15, 0.2) is 0 Å². The maximum Gasteiger partial charge on any atom is 0.262 e. The number of carbonyl (C=O) groups is 1. The third kappa shape index (κ3) is 6.76. The minimum atomic E-state index is -0.466. The molecule has 1 amide bonds. The van der Waals surface area contributed by atoms with E-state index in [-0.39, 0.29) is 12.1 Å². The highest BCUT2D eigenvalue weighted by Crippen LogP contribution is 2.31. The van der Waals surface area contributed by atoms with Gasteiger partial charge in [-0.2, -0.15) is 5.26 Å². The van der Waals surface area contributed by atoms with E-state index in [0.717, 1.165) is 29.6 Å². The number of ether oxygens (including phenoxy) is 3. The summed E-state index contributed by atoms with van der Waals surface area (Å²) >= 11 is 4.43. The van der Waals surface area contributed by atoms with Crippen LogP contribution in [0.1, 0.15) is 16.7 Å². The maximum absolute atomic E-state index is 12.8. The summed E-state index contributed by atoms with van der Waals surface area (Å²) < 4.78 is 18.5. The van der Waals surface area contributed by atoms with E-state index in [1.54, 1.807) is 32.4 Å². The molecule has 38 heavy (non-hydrogen) atoms. The number of rotatable bonds is 9. The lowest BCUT2D eigenvalue weighted by atomic mass is 10.1. The van der Waals surface area contributed by atoms with E-state index in [1.165, 1.54) is 10.8 Å². The molecule has 1 N–H and O–H groups in total. The van der Waals surface area contributed by atoms with E-state index in [4.69, 9.17) is 14.2 Å². The van der Waals surface area contributed by atoms with Crippen molar-refractivity contribution in [2.24, 2.45) is 0 Å². The van der Waals surface area contributed by atoms with Crippen molar-refractivity contribution in [1.82, 2.24) is 5.32 Å². The Labute approximate surface area is 248 Å². The highest BCUT2D eigenvalue weighted by Gasteiger charge is 2.14. The molecule has 4 aromatic carbocycles. The third-order valence-electron chi connectivity index (χ3n) is 5.83. The SMILES string of the molecule is COc1ccc(CNC(=O)/C(C#N)=C/c2cc(I)c(OCc3ccc4ccccc4c3)c(I)c2)c(OC)c1. The van der Waals surface area contributed by atoms with Gasteiger partial charge in [0.25, 0.3) is 5.91 Å². The van der Waals surface area contributed by atoms with E-state index in [2.05, 4.69) is 80.8 Å². The van der Waals surface area contributed by atoms with Crippen LogP contribution in [0.3, 0.4) is 0 Å². The monoisotopic (exact) mass is 730 g/mol. The first-order valence-corrected chi connectivity index (χ1v) is 13.8. The lowest BCUT2D eigenvalue weighted by molar-refractivity contribution is -0.117. The van der Waals surface area contributed by atoms with Crippen LogP contribution in [0.4, 0.5) is 0 Å². The zero-order valence-corrected chi connectivity index (χ0v) is 25.1. The lowest BCUT2D eigenvalue weighted by Crippen LogP contribution is -2.24. The van der Waals surface area contributed by atoms with Gasteiger partial charge in [-0.25, -0.2) is 0 Å². The summed E-state index contributed by atoms with van der Waals surface area (Å²) in [6, 6.07) is 25.7. The van der Waals surface area contributed by atoms with Crippen molar-refractivity contribution < 1.29 is 19.0 Å². The van der Waals surface area contributed by atoms with E-state index >= 15 is 0 Å². The predicted octanol–water partition coefficient (Wildman–Crippen LogP) is 6.87. The van der Waals surface area contributed by atoms with Gasteiger partial charge >= 0.3 is 0 Å². The van der Waals surface area contributed by atoms with E-state index < -0.39 is 5.91 Å². The zero-order chi connectivity index (χ0) is 27.1. The van der Waals surface area contributed by atoms with Crippen LogP contribution in [0, 0.1) is 18.5 Å². The highest BCUT2D eigenvalue weighted by molar-refractivity contribution is 14.1. The molecule has 0 fully saturated rings. The minimum absolute atomic E-state index is 0.00825. The maximum atomic E-state index is 12.8. The van der Waals surface area contributed by atoms with Crippen molar-refractivity contribution in [1.29, 1.82) is 5.26 Å². The van der Waals surface area contributed by atoms with Gasteiger partial charge in [0.2, 0.25) is 0 Å². The largest absolute Gasteiger partial charge is 0.497 e. The normalized spacial score (nSPS) is 11.1. The molecule has 0 heterocycles. The molecule has 6 nitrogen and oxygen atoms in total. The molecule has 0 saturated carbocycles. The summed E-state index contributed by atoms with van der Waals surface area (Å²) in [6.07, 6.45) is 1.58. The van der Waals surface area contributed by atoms with Crippen LogP contribution in [0.15, 0.2) is 78.4 Å². The number of halogens is 2. The number of benzene rings is 4. The average molecular weight is 730 g/mol. The summed E-state index contributed by atoms with van der Waals surface area (Å²) in [5.74, 6) is 1.55. The van der Waals surface area contributed by atoms with Gasteiger partial charge in [-0.3, -0.25) is 4.79 Å². The molecule has 0 bridgehead atoms. The molecule has 0 aliphatic carbocycles. The Bertz CT molecular complexity index is 1540. The first-order chi connectivity index (χ1) is 18.4. The minimum Gasteiger partial charge on any atom is -0.497 e. The molecular weight excluding hydrogens is 706 g/mol. The van der Waals surface area contributed by atoms with Crippen molar-refractivity contribution in [2.45, 2.75) is 13.2 Å². The van der Waals surface area contributed by atoms with Crippen molar-refractivity contribution in [3.8, 4) is 23.3 Å². The molecule has 0 radical (unpaired) electrons. The number of methoxy groups -OCH3 is 2. The number of carbonyl (C=O) groups excluding carboxylic acids is 1. The van der Waals surface area contributed by atoms with Gasteiger partial charge < -0.3 is 19.5 Å². The molecule has 4 aromatic rings. The summed E-state index contributed by atoms with van der Waals surface area (Å²) in [5, 5.41) is 14.8. The third-order valence-corrected chi connectivity index (χ3v) is 7.43. The fourth-order valence-electron chi connectivity index (χ4n) is 3.87. The Hall–Kier alpha value is -3.30. The molecule has 0 aromatic heterocycles. The summed E-state index contributed by atoms with van der Waals surface area (Å²) in [7, 11) is 3.13. The molecule has 192 valence electrons. The van der Waals surface area contributed by atoms with Crippen molar-refractivity contribution in [3.63, 3.8) is 0 Å². The molecule has 0 aliphatic heterocycles. The van der Waals surface area contributed by atoms with Gasteiger partial charge in [-0.15, -0.1) is 0 Å². The van der Waals surface area contributed by atoms with Crippen LogP contribution in [0.2, 0.25) is 0 Å². The van der Waals surface area contributed by atoms with Crippen molar-refractivity contribution in [3.05, 3.63) is 102 Å².